The standard InChI is InChI=1S/C26H38O7S.K/c1-3-5-7-9-11-13-15-20-32-25(27)22-18-17-19-23(34(29,30)31)24(22)26(28)33-21-16-14-12-10-8-6-4-2;/h7-10,17-19H,3-6,11-16,20-21H2,1-2H3,(H,29,30,31);/q;+1/p-1/b9-7+,10-8+;. The van der Waals surface area contributed by atoms with Gasteiger partial charge in [0, 0.05) is 0 Å². The van der Waals surface area contributed by atoms with E-state index in [-0.39, 0.29) is 70.2 Å². The molecule has 1 aromatic rings. The van der Waals surface area contributed by atoms with Crippen molar-refractivity contribution in [3.63, 3.8) is 0 Å². The van der Waals surface area contributed by atoms with E-state index in [1.54, 1.807) is 0 Å². The van der Waals surface area contributed by atoms with Gasteiger partial charge in [-0.1, -0.05) is 57.1 Å². The average molecular weight is 533 g/mol. The molecule has 0 spiro atoms. The first-order chi connectivity index (χ1) is 16.3. The zero-order valence-electron chi connectivity index (χ0n) is 21.3. The first-order valence-corrected chi connectivity index (χ1v) is 13.5. The SMILES string of the molecule is CCC/C=C/CCCCOC(=O)c1cccc(S(=O)(=O)[O-])c1C(=O)OCCCC/C=C/CCC.[K+]. The molecule has 1 rings (SSSR count). The molecule has 0 heterocycles. The largest absolute Gasteiger partial charge is 1.00 e. The molecule has 0 aliphatic heterocycles. The summed E-state index contributed by atoms with van der Waals surface area (Å²) < 4.78 is 45.6. The minimum Gasteiger partial charge on any atom is -0.744 e. The predicted molar refractivity (Wildman–Crippen MR) is 131 cm³/mol. The molecule has 0 saturated heterocycles. The van der Waals surface area contributed by atoms with Gasteiger partial charge < -0.3 is 14.0 Å². The monoisotopic (exact) mass is 532 g/mol. The van der Waals surface area contributed by atoms with Crippen molar-refractivity contribution in [1.82, 2.24) is 0 Å². The van der Waals surface area contributed by atoms with E-state index in [0.29, 0.717) is 12.8 Å². The van der Waals surface area contributed by atoms with E-state index < -0.39 is 32.5 Å². The smallest absolute Gasteiger partial charge is 0.744 e. The van der Waals surface area contributed by atoms with Gasteiger partial charge in [0.15, 0.2) is 0 Å². The van der Waals surface area contributed by atoms with Crippen LogP contribution in [0.15, 0.2) is 47.4 Å². The molecule has 0 saturated carbocycles. The van der Waals surface area contributed by atoms with Gasteiger partial charge in [-0.2, -0.15) is 0 Å². The van der Waals surface area contributed by atoms with Gasteiger partial charge in [-0.15, -0.1) is 0 Å². The van der Waals surface area contributed by atoms with Crippen molar-refractivity contribution < 1.29 is 83.4 Å². The summed E-state index contributed by atoms with van der Waals surface area (Å²) in [5, 5.41) is 0. The first-order valence-electron chi connectivity index (χ1n) is 12.1. The molecule has 0 unspecified atom stereocenters. The van der Waals surface area contributed by atoms with Gasteiger partial charge in [0.05, 0.1) is 29.2 Å². The van der Waals surface area contributed by atoms with Crippen LogP contribution in [0.1, 0.15) is 98.8 Å². The summed E-state index contributed by atoms with van der Waals surface area (Å²) in [5.74, 6) is -1.88. The van der Waals surface area contributed by atoms with Gasteiger partial charge in [0.2, 0.25) is 0 Å². The topological polar surface area (TPSA) is 110 Å². The molecule has 0 aromatic heterocycles. The third-order valence-electron chi connectivity index (χ3n) is 4.96. The van der Waals surface area contributed by atoms with Gasteiger partial charge in [-0.05, 0) is 63.5 Å². The van der Waals surface area contributed by atoms with Gasteiger partial charge in [-0.3, -0.25) is 0 Å². The Morgan fingerprint density at radius 3 is 1.77 bits per heavy atom. The molecule has 0 aliphatic carbocycles. The number of rotatable bonds is 17. The second-order valence-corrected chi connectivity index (χ2v) is 9.26. The predicted octanol–water partition coefficient (Wildman–Crippen LogP) is 2.96. The average Bonchev–Trinajstić information content (AvgIpc) is 2.81. The zero-order chi connectivity index (χ0) is 25.2. The van der Waals surface area contributed by atoms with Crippen molar-refractivity contribution in [3.8, 4) is 0 Å². The van der Waals surface area contributed by atoms with E-state index in [9.17, 15) is 22.6 Å². The molecule has 0 aliphatic rings. The Balaban J connectivity index is 0.0000116. The third-order valence-corrected chi connectivity index (χ3v) is 5.84. The van der Waals surface area contributed by atoms with Crippen molar-refractivity contribution in [3.05, 3.63) is 53.6 Å². The minimum absolute atomic E-state index is 0. The van der Waals surface area contributed by atoms with Crippen LogP contribution in [0.3, 0.4) is 0 Å². The number of allylic oxidation sites excluding steroid dienone is 4. The first kappa shape index (κ1) is 34.2. The number of hydrogen-bond donors (Lipinski definition) is 0. The molecule has 9 heteroatoms. The molecule has 0 fully saturated rings. The van der Waals surface area contributed by atoms with E-state index >= 15 is 0 Å². The maximum absolute atomic E-state index is 12.7. The molecule has 190 valence electrons. The third kappa shape index (κ3) is 14.5. The molecule has 0 amide bonds. The quantitative estimate of drug-likeness (QED) is 0.0997. The second kappa shape index (κ2) is 20.3. The summed E-state index contributed by atoms with van der Waals surface area (Å²) in [7, 11) is -5.00. The summed E-state index contributed by atoms with van der Waals surface area (Å²) in [4.78, 5) is 24.5. The van der Waals surface area contributed by atoms with Crippen molar-refractivity contribution in [2.24, 2.45) is 0 Å². The van der Waals surface area contributed by atoms with Crippen LogP contribution in [0.5, 0.6) is 0 Å². The maximum atomic E-state index is 12.7. The molecular weight excluding hydrogens is 495 g/mol. The van der Waals surface area contributed by atoms with Crippen LogP contribution in [0.2, 0.25) is 0 Å². The Hall–Kier alpha value is -0.814. The Kier molecular flexibility index (Phi) is 19.8. The Morgan fingerprint density at radius 2 is 1.29 bits per heavy atom. The van der Waals surface area contributed by atoms with Crippen LogP contribution in [0.25, 0.3) is 0 Å². The fourth-order valence-corrected chi connectivity index (χ4v) is 3.82. The van der Waals surface area contributed by atoms with E-state index in [4.69, 9.17) is 9.47 Å². The van der Waals surface area contributed by atoms with Crippen LogP contribution in [0, 0.1) is 0 Å². The molecule has 0 atom stereocenters. The molecule has 0 N–H and O–H groups in total. The van der Waals surface area contributed by atoms with Gasteiger partial charge in [0.25, 0.3) is 0 Å². The Labute approximate surface area is 252 Å². The fraction of sp³-hybridized carbons (Fsp3) is 0.538. The van der Waals surface area contributed by atoms with Crippen LogP contribution >= 0.6 is 0 Å². The van der Waals surface area contributed by atoms with Gasteiger partial charge in [0.1, 0.15) is 10.1 Å². The number of unbranched alkanes of at least 4 members (excludes halogenated alkanes) is 6. The summed E-state index contributed by atoms with van der Waals surface area (Å²) in [5.41, 5.74) is -0.847. The number of hydrogen-bond acceptors (Lipinski definition) is 7. The minimum atomic E-state index is -5.00. The van der Waals surface area contributed by atoms with Crippen molar-refractivity contribution in [2.75, 3.05) is 13.2 Å². The van der Waals surface area contributed by atoms with Crippen molar-refractivity contribution in [1.29, 1.82) is 0 Å². The van der Waals surface area contributed by atoms with Gasteiger partial charge in [-0.25, -0.2) is 18.0 Å². The van der Waals surface area contributed by atoms with E-state index in [1.165, 1.54) is 12.1 Å². The molecule has 0 radical (unpaired) electrons. The van der Waals surface area contributed by atoms with Crippen LogP contribution < -0.4 is 51.4 Å². The van der Waals surface area contributed by atoms with Crippen LogP contribution in [-0.4, -0.2) is 38.1 Å². The van der Waals surface area contributed by atoms with Crippen LogP contribution in [0.4, 0.5) is 0 Å². The summed E-state index contributed by atoms with van der Waals surface area (Å²) in [6.07, 6.45) is 17.1. The Bertz CT molecular complexity index is 924. The molecule has 1 aromatic carbocycles. The van der Waals surface area contributed by atoms with E-state index in [2.05, 4.69) is 38.2 Å². The van der Waals surface area contributed by atoms with Crippen molar-refractivity contribution in [2.45, 2.75) is 83.0 Å². The van der Waals surface area contributed by atoms with Crippen molar-refractivity contribution >= 4 is 22.1 Å². The number of carbonyl (C=O) groups is 2. The summed E-state index contributed by atoms with van der Waals surface area (Å²) >= 11 is 0. The zero-order valence-corrected chi connectivity index (χ0v) is 25.2. The fourth-order valence-electron chi connectivity index (χ4n) is 3.13. The number of ether oxygens (including phenoxy) is 2. The molecule has 0 bridgehead atoms. The summed E-state index contributed by atoms with van der Waals surface area (Å²) in [6.45, 7) is 4.37. The number of carbonyl (C=O) groups excluding carboxylic acids is 2. The molecule has 7 nitrogen and oxygen atoms in total. The van der Waals surface area contributed by atoms with E-state index in [1.807, 2.05) is 0 Å². The molecular formula is C26H37KO7S. The Morgan fingerprint density at radius 1 is 0.800 bits per heavy atom. The van der Waals surface area contributed by atoms with E-state index in [0.717, 1.165) is 57.4 Å². The van der Waals surface area contributed by atoms with Gasteiger partial charge >= 0.3 is 63.3 Å². The maximum Gasteiger partial charge on any atom is 1.00 e. The molecule has 35 heavy (non-hydrogen) atoms. The normalized spacial score (nSPS) is 11.5. The number of benzene rings is 1. The van der Waals surface area contributed by atoms with Crippen LogP contribution in [-0.2, 0) is 19.6 Å². The summed E-state index contributed by atoms with van der Waals surface area (Å²) in [6, 6.07) is 3.50. The second-order valence-electron chi connectivity index (χ2n) is 7.92. The number of esters is 2.